The molecule has 0 spiro atoms. The van der Waals surface area contributed by atoms with Crippen molar-refractivity contribution in [1.29, 1.82) is 0 Å². The van der Waals surface area contributed by atoms with E-state index in [1.165, 1.54) is 0 Å². The normalized spacial score (nSPS) is 13.0. The van der Waals surface area contributed by atoms with Crippen molar-refractivity contribution in [2.45, 2.75) is 34.1 Å². The zero-order chi connectivity index (χ0) is 20.8. The van der Waals surface area contributed by atoms with Gasteiger partial charge in [-0.3, -0.25) is 0 Å². The maximum atomic E-state index is 9.66. The molecule has 0 unspecified atom stereocenters. The molecule has 1 aromatic carbocycles. The van der Waals surface area contributed by atoms with E-state index in [4.69, 9.17) is 17.3 Å². The van der Waals surface area contributed by atoms with E-state index in [0.717, 1.165) is 28.7 Å². The zero-order valence-corrected chi connectivity index (χ0v) is 17.6. The van der Waals surface area contributed by atoms with Crippen LogP contribution >= 0.6 is 11.6 Å². The molecule has 1 rings (SSSR count). The number of nitrogens with one attached hydrogen (secondary N) is 1. The van der Waals surface area contributed by atoms with E-state index in [-0.39, 0.29) is 5.76 Å². The van der Waals surface area contributed by atoms with Gasteiger partial charge >= 0.3 is 0 Å². The van der Waals surface area contributed by atoms with E-state index < -0.39 is 5.41 Å². The van der Waals surface area contributed by atoms with Gasteiger partial charge in [-0.05, 0) is 53.8 Å². The number of hydrogen-bond acceptors (Lipinski definition) is 3. The van der Waals surface area contributed by atoms with Crippen molar-refractivity contribution in [2.24, 2.45) is 11.1 Å². The molecule has 0 atom stereocenters. The SMILES string of the molecule is C=C(NCC(C)(C)C(=C)O)/C(N)=C(C)/C=C(\C(=C)CC)c1cccc(Cl)c1. The molecule has 1 aromatic rings. The molecule has 0 saturated carbocycles. The van der Waals surface area contributed by atoms with Crippen LogP contribution in [-0.4, -0.2) is 11.7 Å². The van der Waals surface area contributed by atoms with Crippen molar-refractivity contribution in [1.82, 2.24) is 5.32 Å². The predicted molar refractivity (Wildman–Crippen MR) is 118 cm³/mol. The third-order valence-corrected chi connectivity index (χ3v) is 4.81. The first-order chi connectivity index (χ1) is 12.5. The molecule has 0 aliphatic heterocycles. The van der Waals surface area contributed by atoms with Crippen LogP contribution in [0.4, 0.5) is 0 Å². The molecule has 27 heavy (non-hydrogen) atoms. The minimum Gasteiger partial charge on any atom is -0.512 e. The van der Waals surface area contributed by atoms with Crippen LogP contribution in [0.1, 0.15) is 39.7 Å². The van der Waals surface area contributed by atoms with Crippen LogP contribution in [0.25, 0.3) is 5.57 Å². The molecule has 3 nitrogen and oxygen atoms in total. The quantitative estimate of drug-likeness (QED) is 0.353. The average molecular weight is 387 g/mol. The lowest BCUT2D eigenvalue weighted by Crippen LogP contribution is -2.31. The van der Waals surface area contributed by atoms with Crippen molar-refractivity contribution >= 4 is 17.2 Å². The van der Waals surface area contributed by atoms with E-state index in [0.29, 0.717) is 23.0 Å². The van der Waals surface area contributed by atoms with Gasteiger partial charge in [-0.25, -0.2) is 0 Å². The Bertz CT molecular complexity index is 800. The first-order valence-corrected chi connectivity index (χ1v) is 9.31. The summed E-state index contributed by atoms with van der Waals surface area (Å²) in [6.07, 6.45) is 2.83. The van der Waals surface area contributed by atoms with Crippen molar-refractivity contribution in [3.8, 4) is 0 Å². The van der Waals surface area contributed by atoms with Gasteiger partial charge in [-0.1, -0.05) is 64.2 Å². The molecule has 0 aromatic heterocycles. The van der Waals surface area contributed by atoms with Gasteiger partial charge in [0, 0.05) is 17.0 Å². The number of hydrogen-bond donors (Lipinski definition) is 3. The van der Waals surface area contributed by atoms with Crippen LogP contribution in [0.3, 0.4) is 0 Å². The van der Waals surface area contributed by atoms with Gasteiger partial charge in [-0.2, -0.15) is 0 Å². The Morgan fingerprint density at radius 1 is 1.30 bits per heavy atom. The third-order valence-electron chi connectivity index (χ3n) is 4.58. The smallest absolute Gasteiger partial charge is 0.0924 e. The molecule has 0 saturated heterocycles. The van der Waals surface area contributed by atoms with Gasteiger partial charge in [-0.15, -0.1) is 0 Å². The number of benzene rings is 1. The predicted octanol–water partition coefficient (Wildman–Crippen LogP) is 6.12. The molecular weight excluding hydrogens is 356 g/mol. The Balaban J connectivity index is 3.16. The number of allylic oxidation sites excluding steroid dienone is 4. The van der Waals surface area contributed by atoms with Crippen LogP contribution < -0.4 is 11.1 Å². The lowest BCUT2D eigenvalue weighted by molar-refractivity contribution is 0.257. The number of aliphatic hydroxyl groups excluding tert-OH is 1. The summed E-state index contributed by atoms with van der Waals surface area (Å²) in [4.78, 5) is 0. The number of rotatable bonds is 9. The highest BCUT2D eigenvalue weighted by Gasteiger charge is 2.21. The second-order valence-electron chi connectivity index (χ2n) is 7.28. The first-order valence-electron chi connectivity index (χ1n) is 8.93. The molecule has 0 fully saturated rings. The van der Waals surface area contributed by atoms with Crippen molar-refractivity contribution in [3.05, 3.63) is 89.0 Å². The van der Waals surface area contributed by atoms with Gasteiger partial charge in [0.1, 0.15) is 0 Å². The average Bonchev–Trinajstić information content (AvgIpc) is 2.62. The fourth-order valence-corrected chi connectivity index (χ4v) is 2.48. The van der Waals surface area contributed by atoms with Gasteiger partial charge in [0.2, 0.25) is 0 Å². The topological polar surface area (TPSA) is 58.3 Å². The van der Waals surface area contributed by atoms with Crippen molar-refractivity contribution in [2.75, 3.05) is 6.54 Å². The summed E-state index contributed by atoms with van der Waals surface area (Å²) in [6.45, 7) is 20.1. The molecule has 146 valence electrons. The molecule has 0 aliphatic rings. The largest absolute Gasteiger partial charge is 0.512 e. The standard InChI is InChI=1S/C23H31ClN2O/c1-8-15(2)21(19-10-9-11-20(24)13-19)12-16(3)22(25)17(4)26-14-23(6,7)18(5)27/h9-13,26-27H,2,4-5,8,14,25H2,1,3,6-7H3/b21-12+,22-16-. The fourth-order valence-electron chi connectivity index (χ4n) is 2.29. The van der Waals surface area contributed by atoms with Gasteiger partial charge < -0.3 is 16.2 Å². The number of halogens is 1. The minimum atomic E-state index is -0.477. The van der Waals surface area contributed by atoms with E-state index in [2.05, 4.69) is 32.0 Å². The monoisotopic (exact) mass is 386 g/mol. The molecule has 4 heteroatoms. The molecule has 0 heterocycles. The number of nitrogens with two attached hydrogens (primary N) is 1. The second-order valence-corrected chi connectivity index (χ2v) is 7.72. The summed E-state index contributed by atoms with van der Waals surface area (Å²) in [5.74, 6) is 0.115. The van der Waals surface area contributed by atoms with Crippen LogP contribution in [0, 0.1) is 5.41 Å². The van der Waals surface area contributed by atoms with E-state index in [9.17, 15) is 5.11 Å². The van der Waals surface area contributed by atoms with Crippen LogP contribution in [0.2, 0.25) is 5.02 Å². The van der Waals surface area contributed by atoms with Gasteiger partial charge in [0.25, 0.3) is 0 Å². The summed E-state index contributed by atoms with van der Waals surface area (Å²) in [5, 5.41) is 13.5. The molecule has 0 amide bonds. The van der Waals surface area contributed by atoms with Crippen LogP contribution in [-0.2, 0) is 0 Å². The highest BCUT2D eigenvalue weighted by Crippen LogP contribution is 2.28. The maximum absolute atomic E-state index is 9.66. The Kier molecular flexibility index (Phi) is 7.98. The molecule has 4 N–H and O–H groups in total. The van der Waals surface area contributed by atoms with Crippen LogP contribution in [0.5, 0.6) is 0 Å². The lowest BCUT2D eigenvalue weighted by Gasteiger charge is -2.25. The summed E-state index contributed by atoms with van der Waals surface area (Å²) in [5.41, 5.74) is 10.8. The van der Waals surface area contributed by atoms with E-state index >= 15 is 0 Å². The lowest BCUT2D eigenvalue weighted by atomic mass is 9.91. The molecule has 0 bridgehead atoms. The zero-order valence-electron chi connectivity index (χ0n) is 16.8. The Morgan fingerprint density at radius 2 is 1.93 bits per heavy atom. The summed E-state index contributed by atoms with van der Waals surface area (Å²) >= 11 is 6.15. The third kappa shape index (κ3) is 6.37. The molecule has 0 aliphatic carbocycles. The minimum absolute atomic E-state index is 0.115. The Hall–Kier alpha value is -2.39. The van der Waals surface area contributed by atoms with E-state index in [1.54, 1.807) is 0 Å². The second kappa shape index (κ2) is 9.52. The molecular formula is C23H31ClN2O. The van der Waals surface area contributed by atoms with Crippen molar-refractivity contribution < 1.29 is 5.11 Å². The maximum Gasteiger partial charge on any atom is 0.0924 e. The Morgan fingerprint density at radius 3 is 2.44 bits per heavy atom. The first kappa shape index (κ1) is 22.7. The van der Waals surface area contributed by atoms with Gasteiger partial charge in [0.15, 0.2) is 0 Å². The summed E-state index contributed by atoms with van der Waals surface area (Å²) < 4.78 is 0. The fraction of sp³-hybridized carbons (Fsp3) is 0.304. The highest BCUT2D eigenvalue weighted by molar-refractivity contribution is 6.30. The highest BCUT2D eigenvalue weighted by atomic mass is 35.5. The summed E-state index contributed by atoms with van der Waals surface area (Å²) in [6, 6.07) is 7.68. The van der Waals surface area contributed by atoms with Crippen LogP contribution in [0.15, 0.2) is 78.4 Å². The van der Waals surface area contributed by atoms with Gasteiger partial charge in [0.05, 0.1) is 17.2 Å². The number of aliphatic hydroxyl groups is 1. The summed E-state index contributed by atoms with van der Waals surface area (Å²) in [7, 11) is 0. The van der Waals surface area contributed by atoms with E-state index in [1.807, 2.05) is 51.1 Å². The van der Waals surface area contributed by atoms with Crippen molar-refractivity contribution in [3.63, 3.8) is 0 Å². The Labute approximate surface area is 168 Å². The molecule has 0 radical (unpaired) electrons.